The van der Waals surface area contributed by atoms with Crippen LogP contribution < -0.4 is 4.57 Å². The first-order valence-corrected chi connectivity index (χ1v) is 5.94. The summed E-state index contributed by atoms with van der Waals surface area (Å²) in [5.41, 5.74) is 2.75. The molecule has 1 nitrogen and oxygen atoms in total. The Morgan fingerprint density at radius 3 is 2.78 bits per heavy atom. The standard InChI is InChI=1S/C17H16N/c1-13-7-3-5-9-15(13)17-16-10-6-4-8-14(16)11-12-18(17)2/h3-12H,1-2H3/q+1/i4D,5D,7D. The Labute approximate surface area is 112 Å². The van der Waals surface area contributed by atoms with E-state index in [0.717, 1.165) is 27.6 Å². The Kier molecular flexibility index (Phi) is 1.90. The van der Waals surface area contributed by atoms with Crippen LogP contribution in [0.4, 0.5) is 0 Å². The molecule has 1 heterocycles. The molecule has 1 heteroatoms. The van der Waals surface area contributed by atoms with Crippen LogP contribution in [0.25, 0.3) is 22.0 Å². The van der Waals surface area contributed by atoms with Gasteiger partial charge in [0.1, 0.15) is 7.05 Å². The molecule has 18 heavy (non-hydrogen) atoms. The van der Waals surface area contributed by atoms with Crippen molar-refractivity contribution in [3.63, 3.8) is 0 Å². The van der Waals surface area contributed by atoms with Crippen molar-refractivity contribution in [2.45, 2.75) is 6.92 Å². The van der Waals surface area contributed by atoms with E-state index in [9.17, 15) is 0 Å². The summed E-state index contributed by atoms with van der Waals surface area (Å²) in [6.45, 7) is 1.91. The third-order valence-electron chi connectivity index (χ3n) is 3.24. The first kappa shape index (κ1) is 8.04. The molecule has 0 saturated heterocycles. The third kappa shape index (κ3) is 1.68. The van der Waals surface area contributed by atoms with Gasteiger partial charge in [-0.2, -0.15) is 0 Å². The van der Waals surface area contributed by atoms with Crippen molar-refractivity contribution in [3.05, 3.63) is 66.3 Å². The Bertz CT molecular complexity index is 856. The maximum absolute atomic E-state index is 8.00. The number of hydrogen-bond donors (Lipinski definition) is 0. The van der Waals surface area contributed by atoms with Crippen LogP contribution in [-0.2, 0) is 7.05 Å². The topological polar surface area (TPSA) is 3.88 Å². The summed E-state index contributed by atoms with van der Waals surface area (Å²) in [5.74, 6) is 0. The number of aryl methyl sites for hydroxylation is 1. The lowest BCUT2D eigenvalue weighted by Gasteiger charge is -2.07. The minimum absolute atomic E-state index is 0.342. The van der Waals surface area contributed by atoms with Crippen LogP contribution in [0.5, 0.6) is 0 Å². The molecule has 0 saturated carbocycles. The summed E-state index contributed by atoms with van der Waals surface area (Å²) >= 11 is 0. The molecular formula is C17H16N+. The van der Waals surface area contributed by atoms with Crippen LogP contribution in [0, 0.1) is 6.92 Å². The molecule has 0 N–H and O–H groups in total. The highest BCUT2D eigenvalue weighted by Crippen LogP contribution is 2.27. The van der Waals surface area contributed by atoms with Crippen LogP contribution in [-0.4, -0.2) is 0 Å². The molecule has 3 aromatic rings. The van der Waals surface area contributed by atoms with E-state index in [1.807, 2.05) is 42.9 Å². The molecule has 0 amide bonds. The fraction of sp³-hybridized carbons (Fsp3) is 0.118. The number of benzene rings is 2. The van der Waals surface area contributed by atoms with Crippen LogP contribution in [0.2, 0.25) is 0 Å². The maximum atomic E-state index is 8.00. The lowest BCUT2D eigenvalue weighted by Crippen LogP contribution is -2.30. The van der Waals surface area contributed by atoms with Gasteiger partial charge in [-0.3, -0.25) is 0 Å². The van der Waals surface area contributed by atoms with Gasteiger partial charge in [-0.15, -0.1) is 0 Å². The molecule has 0 radical (unpaired) electrons. The first-order chi connectivity index (χ1) is 9.97. The van der Waals surface area contributed by atoms with Crippen molar-refractivity contribution < 1.29 is 8.68 Å². The summed E-state index contributed by atoms with van der Waals surface area (Å²) in [4.78, 5) is 0. The molecule has 0 aliphatic rings. The highest BCUT2D eigenvalue weighted by atomic mass is 14.9. The Balaban J connectivity index is 2.42. The van der Waals surface area contributed by atoms with Gasteiger partial charge < -0.3 is 0 Å². The van der Waals surface area contributed by atoms with Crippen molar-refractivity contribution in [2.24, 2.45) is 7.05 Å². The number of rotatable bonds is 1. The number of fused-ring (bicyclic) bond motifs is 1. The fourth-order valence-corrected chi connectivity index (χ4v) is 2.30. The highest BCUT2D eigenvalue weighted by molar-refractivity contribution is 5.93. The Morgan fingerprint density at radius 1 is 1.06 bits per heavy atom. The van der Waals surface area contributed by atoms with Gasteiger partial charge in [0.15, 0.2) is 6.20 Å². The van der Waals surface area contributed by atoms with Crippen LogP contribution in [0.3, 0.4) is 0 Å². The SMILES string of the molecule is [2H]c1cc([2H])c(C)c(-c2c3ccc([2H])cc3cc[n+]2C)c1. The largest absolute Gasteiger partial charge is 0.220 e. The summed E-state index contributed by atoms with van der Waals surface area (Å²) in [6, 6.07) is 12.1. The summed E-state index contributed by atoms with van der Waals surface area (Å²) in [7, 11) is 1.96. The van der Waals surface area contributed by atoms with E-state index in [4.69, 9.17) is 4.11 Å². The Hall–Kier alpha value is -2.15. The quantitative estimate of drug-likeness (QED) is 0.569. The zero-order valence-corrected chi connectivity index (χ0v) is 10.5. The van der Waals surface area contributed by atoms with Gasteiger partial charge in [0, 0.05) is 11.6 Å². The maximum Gasteiger partial charge on any atom is 0.220 e. The molecule has 0 bridgehead atoms. The van der Waals surface area contributed by atoms with Gasteiger partial charge in [-0.25, -0.2) is 4.57 Å². The summed E-state index contributed by atoms with van der Waals surface area (Å²) < 4.78 is 25.6. The van der Waals surface area contributed by atoms with E-state index < -0.39 is 0 Å². The smallest absolute Gasteiger partial charge is 0.200 e. The van der Waals surface area contributed by atoms with Crippen molar-refractivity contribution in [3.8, 4) is 11.3 Å². The van der Waals surface area contributed by atoms with Gasteiger partial charge in [0.2, 0.25) is 5.69 Å². The van der Waals surface area contributed by atoms with Crippen molar-refractivity contribution in [2.75, 3.05) is 0 Å². The minimum atomic E-state index is 0.342. The van der Waals surface area contributed by atoms with Crippen molar-refractivity contribution >= 4 is 10.8 Å². The molecule has 3 rings (SSSR count). The number of nitrogens with zero attached hydrogens (tertiary/aromatic N) is 1. The molecule has 0 aliphatic carbocycles. The van der Waals surface area contributed by atoms with E-state index in [1.165, 1.54) is 0 Å². The van der Waals surface area contributed by atoms with Gasteiger partial charge in [0.05, 0.1) is 9.50 Å². The van der Waals surface area contributed by atoms with Crippen LogP contribution in [0.1, 0.15) is 9.68 Å². The third-order valence-corrected chi connectivity index (χ3v) is 3.24. The van der Waals surface area contributed by atoms with E-state index >= 15 is 0 Å². The average Bonchev–Trinajstić information content (AvgIpc) is 2.43. The molecule has 0 atom stereocenters. The second-order valence-corrected chi connectivity index (χ2v) is 4.43. The highest BCUT2D eigenvalue weighted by Gasteiger charge is 2.15. The predicted molar refractivity (Wildman–Crippen MR) is 75.3 cm³/mol. The molecule has 0 spiro atoms. The monoisotopic (exact) mass is 237 g/mol. The fourth-order valence-electron chi connectivity index (χ4n) is 2.30. The Morgan fingerprint density at radius 2 is 1.89 bits per heavy atom. The zero-order chi connectivity index (χ0) is 15.1. The lowest BCUT2D eigenvalue weighted by molar-refractivity contribution is -0.659. The van der Waals surface area contributed by atoms with Gasteiger partial charge in [0.25, 0.3) is 0 Å². The van der Waals surface area contributed by atoms with Crippen molar-refractivity contribution in [1.82, 2.24) is 0 Å². The summed E-state index contributed by atoms with van der Waals surface area (Å²) in [6.07, 6.45) is 1.96. The van der Waals surface area contributed by atoms with Gasteiger partial charge in [-0.05, 0) is 30.0 Å². The normalized spacial score (nSPS) is 13.1. The van der Waals surface area contributed by atoms with Gasteiger partial charge in [-0.1, -0.05) is 36.3 Å². The lowest BCUT2D eigenvalue weighted by atomic mass is 10.00. The zero-order valence-electron chi connectivity index (χ0n) is 13.5. The molecule has 1 aromatic heterocycles. The summed E-state index contributed by atoms with van der Waals surface area (Å²) in [5, 5.41) is 2.03. The minimum Gasteiger partial charge on any atom is -0.200 e. The van der Waals surface area contributed by atoms with E-state index in [-0.39, 0.29) is 0 Å². The average molecular weight is 237 g/mol. The number of hydrogen-bond acceptors (Lipinski definition) is 0. The van der Waals surface area contributed by atoms with Gasteiger partial charge >= 0.3 is 0 Å². The first-order valence-electron chi connectivity index (χ1n) is 7.44. The van der Waals surface area contributed by atoms with E-state index in [2.05, 4.69) is 0 Å². The second-order valence-electron chi connectivity index (χ2n) is 4.43. The number of aromatic nitrogens is 1. The predicted octanol–water partition coefficient (Wildman–Crippen LogP) is 3.64. The molecular weight excluding hydrogens is 218 g/mol. The molecule has 0 unspecified atom stereocenters. The van der Waals surface area contributed by atoms with Crippen molar-refractivity contribution in [1.29, 1.82) is 0 Å². The van der Waals surface area contributed by atoms with E-state index in [1.54, 1.807) is 18.2 Å². The molecule has 0 fully saturated rings. The second kappa shape index (κ2) is 4.26. The molecule has 88 valence electrons. The molecule has 2 aromatic carbocycles. The van der Waals surface area contributed by atoms with E-state index in [0.29, 0.717) is 18.1 Å². The van der Waals surface area contributed by atoms with Crippen LogP contribution in [0.15, 0.2) is 60.7 Å². The molecule has 0 aliphatic heterocycles. The van der Waals surface area contributed by atoms with Crippen LogP contribution >= 0.6 is 0 Å². The number of pyridine rings is 1.